The highest BCUT2D eigenvalue weighted by atomic mass is 35.5. The fourth-order valence-electron chi connectivity index (χ4n) is 2.03. The molecule has 2 rings (SSSR count). The fourth-order valence-corrected chi connectivity index (χ4v) is 2.22. The minimum absolute atomic E-state index is 0.300. The van der Waals surface area contributed by atoms with Crippen molar-refractivity contribution in [2.24, 2.45) is 0 Å². The van der Waals surface area contributed by atoms with E-state index in [9.17, 15) is 9.18 Å². The van der Waals surface area contributed by atoms with E-state index in [1.807, 2.05) is 4.90 Å². The van der Waals surface area contributed by atoms with Gasteiger partial charge in [0.15, 0.2) is 6.10 Å². The van der Waals surface area contributed by atoms with E-state index in [0.29, 0.717) is 36.8 Å². The SMILES string of the molecule is COC(=O)C1CN(Cc2cc(Cl)ccc2F)CCO1. The number of morpholine rings is 1. The van der Waals surface area contributed by atoms with Crippen LogP contribution >= 0.6 is 11.6 Å². The van der Waals surface area contributed by atoms with E-state index in [1.165, 1.54) is 19.2 Å². The van der Waals surface area contributed by atoms with Gasteiger partial charge in [-0.3, -0.25) is 4.90 Å². The number of nitrogens with zero attached hydrogens (tertiary/aromatic N) is 1. The maximum atomic E-state index is 13.6. The van der Waals surface area contributed by atoms with Crippen molar-refractivity contribution in [3.63, 3.8) is 0 Å². The first-order chi connectivity index (χ1) is 9.10. The molecule has 1 aliphatic heterocycles. The van der Waals surface area contributed by atoms with Crippen LogP contribution in [-0.2, 0) is 20.8 Å². The van der Waals surface area contributed by atoms with Crippen LogP contribution in [0.2, 0.25) is 5.02 Å². The molecule has 1 fully saturated rings. The summed E-state index contributed by atoms with van der Waals surface area (Å²) in [5.74, 6) is -0.707. The summed E-state index contributed by atoms with van der Waals surface area (Å²) in [7, 11) is 1.32. The number of rotatable bonds is 3. The molecule has 1 saturated heterocycles. The summed E-state index contributed by atoms with van der Waals surface area (Å²) in [6, 6.07) is 4.45. The number of ether oxygens (including phenoxy) is 2. The van der Waals surface area contributed by atoms with Gasteiger partial charge in [0.1, 0.15) is 5.82 Å². The number of benzene rings is 1. The molecule has 0 aromatic heterocycles. The Bertz CT molecular complexity index is 469. The van der Waals surface area contributed by atoms with Crippen LogP contribution in [0.15, 0.2) is 18.2 Å². The molecule has 0 spiro atoms. The van der Waals surface area contributed by atoms with Gasteiger partial charge in [0, 0.05) is 30.2 Å². The van der Waals surface area contributed by atoms with Crippen LogP contribution in [0, 0.1) is 5.82 Å². The monoisotopic (exact) mass is 287 g/mol. The van der Waals surface area contributed by atoms with Crippen LogP contribution in [0.3, 0.4) is 0 Å². The third kappa shape index (κ3) is 3.65. The van der Waals surface area contributed by atoms with Crippen LogP contribution in [0.25, 0.3) is 0 Å². The average molecular weight is 288 g/mol. The Labute approximate surface area is 116 Å². The predicted molar refractivity (Wildman–Crippen MR) is 68.4 cm³/mol. The number of methoxy groups -OCH3 is 1. The van der Waals surface area contributed by atoms with Crippen LogP contribution < -0.4 is 0 Å². The highest BCUT2D eigenvalue weighted by Crippen LogP contribution is 2.18. The van der Waals surface area contributed by atoms with Gasteiger partial charge in [-0.2, -0.15) is 0 Å². The van der Waals surface area contributed by atoms with Gasteiger partial charge in [-0.1, -0.05) is 11.6 Å². The molecule has 1 heterocycles. The van der Waals surface area contributed by atoms with Crippen molar-refractivity contribution in [2.75, 3.05) is 26.8 Å². The number of hydrogen-bond donors (Lipinski definition) is 0. The van der Waals surface area contributed by atoms with Gasteiger partial charge in [-0.15, -0.1) is 0 Å². The predicted octanol–water partition coefficient (Wildman–Crippen LogP) is 1.85. The first-order valence-electron chi connectivity index (χ1n) is 5.96. The maximum Gasteiger partial charge on any atom is 0.336 e. The van der Waals surface area contributed by atoms with Crippen LogP contribution in [0.1, 0.15) is 5.56 Å². The standard InChI is InChI=1S/C13H15ClFNO3/c1-18-13(17)12-8-16(4-5-19-12)7-9-6-10(14)2-3-11(9)15/h2-3,6,12H,4-5,7-8H2,1H3. The van der Waals surface area contributed by atoms with Crippen molar-refractivity contribution in [3.8, 4) is 0 Å². The molecule has 0 N–H and O–H groups in total. The Kier molecular flexibility index (Phi) is 4.74. The van der Waals surface area contributed by atoms with Crippen molar-refractivity contribution < 1.29 is 18.7 Å². The van der Waals surface area contributed by atoms with E-state index >= 15 is 0 Å². The van der Waals surface area contributed by atoms with Gasteiger partial charge in [-0.25, -0.2) is 9.18 Å². The third-order valence-corrected chi connectivity index (χ3v) is 3.25. The molecule has 0 aliphatic carbocycles. The lowest BCUT2D eigenvalue weighted by atomic mass is 10.1. The van der Waals surface area contributed by atoms with Crippen molar-refractivity contribution in [1.82, 2.24) is 4.90 Å². The summed E-state index contributed by atoms with van der Waals surface area (Å²) < 4.78 is 23.6. The summed E-state index contributed by atoms with van der Waals surface area (Å²) >= 11 is 5.85. The van der Waals surface area contributed by atoms with Gasteiger partial charge in [0.25, 0.3) is 0 Å². The molecule has 0 saturated carbocycles. The smallest absolute Gasteiger partial charge is 0.336 e. The number of halogens is 2. The molecule has 0 radical (unpaired) electrons. The first-order valence-corrected chi connectivity index (χ1v) is 6.33. The Morgan fingerprint density at radius 1 is 1.63 bits per heavy atom. The Hall–Kier alpha value is -1.17. The zero-order valence-electron chi connectivity index (χ0n) is 10.6. The van der Waals surface area contributed by atoms with Crippen LogP contribution in [-0.4, -0.2) is 43.8 Å². The Balaban J connectivity index is 2.02. The molecule has 6 heteroatoms. The number of esters is 1. The summed E-state index contributed by atoms with van der Waals surface area (Å²) in [5.41, 5.74) is 0.512. The number of carbonyl (C=O) groups excluding carboxylic acids is 1. The van der Waals surface area contributed by atoms with E-state index in [1.54, 1.807) is 6.07 Å². The molecule has 4 nitrogen and oxygen atoms in total. The van der Waals surface area contributed by atoms with Gasteiger partial charge < -0.3 is 9.47 Å². The van der Waals surface area contributed by atoms with Crippen molar-refractivity contribution >= 4 is 17.6 Å². The molecular weight excluding hydrogens is 273 g/mol. The first kappa shape index (κ1) is 14.2. The molecule has 0 bridgehead atoms. The zero-order chi connectivity index (χ0) is 13.8. The van der Waals surface area contributed by atoms with Crippen molar-refractivity contribution in [3.05, 3.63) is 34.6 Å². The van der Waals surface area contributed by atoms with Gasteiger partial charge >= 0.3 is 5.97 Å². The third-order valence-electron chi connectivity index (χ3n) is 3.02. The lowest BCUT2D eigenvalue weighted by Gasteiger charge is -2.31. The van der Waals surface area contributed by atoms with Gasteiger partial charge in [0.2, 0.25) is 0 Å². The summed E-state index contributed by atoms with van der Waals surface area (Å²) in [6.45, 7) is 1.84. The molecule has 1 unspecified atom stereocenters. The highest BCUT2D eigenvalue weighted by Gasteiger charge is 2.27. The second-order valence-electron chi connectivity index (χ2n) is 4.35. The summed E-state index contributed by atoms with van der Waals surface area (Å²) in [4.78, 5) is 13.4. The number of carbonyl (C=O) groups is 1. The zero-order valence-corrected chi connectivity index (χ0v) is 11.3. The average Bonchev–Trinajstić information content (AvgIpc) is 2.42. The second-order valence-corrected chi connectivity index (χ2v) is 4.79. The molecule has 0 amide bonds. The molecule has 1 aromatic carbocycles. The second kappa shape index (κ2) is 6.32. The van der Waals surface area contributed by atoms with E-state index in [2.05, 4.69) is 4.74 Å². The Morgan fingerprint density at radius 3 is 3.16 bits per heavy atom. The quantitative estimate of drug-likeness (QED) is 0.796. The lowest BCUT2D eigenvalue weighted by Crippen LogP contribution is -2.46. The summed E-state index contributed by atoms with van der Waals surface area (Å²) in [6.07, 6.45) is -0.610. The number of hydrogen-bond acceptors (Lipinski definition) is 4. The fraction of sp³-hybridized carbons (Fsp3) is 0.462. The minimum atomic E-state index is -0.610. The van der Waals surface area contributed by atoms with E-state index in [0.717, 1.165) is 0 Å². The lowest BCUT2D eigenvalue weighted by molar-refractivity contribution is -0.160. The van der Waals surface area contributed by atoms with Crippen LogP contribution in [0.4, 0.5) is 4.39 Å². The van der Waals surface area contributed by atoms with E-state index in [4.69, 9.17) is 16.3 Å². The van der Waals surface area contributed by atoms with Crippen LogP contribution in [0.5, 0.6) is 0 Å². The summed E-state index contributed by atoms with van der Waals surface area (Å²) in [5, 5.41) is 0.495. The molecular formula is C13H15ClFNO3. The molecule has 19 heavy (non-hydrogen) atoms. The minimum Gasteiger partial charge on any atom is -0.467 e. The topological polar surface area (TPSA) is 38.8 Å². The molecule has 104 valence electrons. The molecule has 1 aliphatic rings. The van der Waals surface area contributed by atoms with Gasteiger partial charge in [-0.05, 0) is 18.2 Å². The van der Waals surface area contributed by atoms with E-state index < -0.39 is 12.1 Å². The van der Waals surface area contributed by atoms with Gasteiger partial charge in [0.05, 0.1) is 13.7 Å². The largest absolute Gasteiger partial charge is 0.467 e. The van der Waals surface area contributed by atoms with Crippen molar-refractivity contribution in [1.29, 1.82) is 0 Å². The molecule has 1 atom stereocenters. The normalized spacial score (nSPS) is 20.3. The van der Waals surface area contributed by atoms with E-state index in [-0.39, 0.29) is 5.82 Å². The maximum absolute atomic E-state index is 13.6. The highest BCUT2D eigenvalue weighted by molar-refractivity contribution is 6.30. The van der Waals surface area contributed by atoms with Crippen molar-refractivity contribution in [2.45, 2.75) is 12.6 Å². The Morgan fingerprint density at radius 2 is 2.42 bits per heavy atom. The molecule has 1 aromatic rings.